The highest BCUT2D eigenvalue weighted by atomic mass is 16.5. The number of carbonyl (C=O) groups excluding carboxylic acids is 1. The maximum Gasteiger partial charge on any atom is 0.309 e. The Morgan fingerprint density at radius 3 is 2.53 bits per heavy atom. The van der Waals surface area contributed by atoms with Gasteiger partial charge in [-0.2, -0.15) is 0 Å². The molecule has 0 radical (unpaired) electrons. The predicted molar refractivity (Wildman–Crippen MR) is 66.4 cm³/mol. The van der Waals surface area contributed by atoms with Crippen molar-refractivity contribution in [2.75, 3.05) is 0 Å². The standard InChI is InChI=1S/C15H24O2/c1-9-7-8-10(2)14-13(9)11-5-3-4-6-12(11)17-15(14)16/h9-14H,3-8H2,1-2H3. The van der Waals surface area contributed by atoms with E-state index in [-0.39, 0.29) is 18.0 Å². The molecule has 1 heterocycles. The van der Waals surface area contributed by atoms with Gasteiger partial charge >= 0.3 is 5.97 Å². The Balaban J connectivity index is 1.89. The zero-order chi connectivity index (χ0) is 12.0. The fourth-order valence-electron chi connectivity index (χ4n) is 4.65. The van der Waals surface area contributed by atoms with Gasteiger partial charge in [-0.25, -0.2) is 0 Å². The molecule has 0 N–H and O–H groups in total. The molecule has 1 aliphatic heterocycles. The zero-order valence-electron chi connectivity index (χ0n) is 11.0. The third-order valence-electron chi connectivity index (χ3n) is 5.55. The molecule has 6 atom stereocenters. The van der Waals surface area contributed by atoms with Crippen molar-refractivity contribution in [1.82, 2.24) is 0 Å². The predicted octanol–water partition coefficient (Wildman–Crippen LogP) is 3.40. The third kappa shape index (κ3) is 1.80. The second kappa shape index (κ2) is 4.29. The molecule has 3 fully saturated rings. The van der Waals surface area contributed by atoms with Gasteiger partial charge in [-0.1, -0.05) is 26.7 Å². The van der Waals surface area contributed by atoms with Crippen LogP contribution in [0, 0.1) is 29.6 Å². The highest BCUT2D eigenvalue weighted by molar-refractivity contribution is 5.74. The number of carbonyl (C=O) groups is 1. The van der Waals surface area contributed by atoms with E-state index in [1.807, 2.05) is 0 Å². The first kappa shape index (κ1) is 11.6. The van der Waals surface area contributed by atoms with E-state index in [2.05, 4.69) is 13.8 Å². The first-order valence-corrected chi connectivity index (χ1v) is 7.39. The minimum absolute atomic E-state index is 0.122. The van der Waals surface area contributed by atoms with Crippen molar-refractivity contribution in [3.63, 3.8) is 0 Å². The zero-order valence-corrected chi connectivity index (χ0v) is 11.0. The maximum absolute atomic E-state index is 12.2. The second-order valence-corrected chi connectivity index (χ2v) is 6.56. The normalized spacial score (nSPS) is 50.1. The Bertz CT molecular complexity index is 312. The average Bonchev–Trinajstić information content (AvgIpc) is 2.33. The SMILES string of the molecule is CC1CCC(C)C2C3CCCCC3OC(=O)C12. The van der Waals surface area contributed by atoms with Crippen LogP contribution in [0.4, 0.5) is 0 Å². The summed E-state index contributed by atoms with van der Waals surface area (Å²) in [4.78, 5) is 12.2. The molecule has 1 saturated heterocycles. The summed E-state index contributed by atoms with van der Waals surface area (Å²) in [6.07, 6.45) is 7.74. The van der Waals surface area contributed by atoms with Gasteiger partial charge in [0.15, 0.2) is 0 Å². The highest BCUT2D eigenvalue weighted by Gasteiger charge is 2.51. The van der Waals surface area contributed by atoms with E-state index < -0.39 is 0 Å². The highest BCUT2D eigenvalue weighted by Crippen LogP contribution is 2.50. The Morgan fingerprint density at radius 1 is 1.00 bits per heavy atom. The summed E-state index contributed by atoms with van der Waals surface area (Å²) < 4.78 is 5.74. The van der Waals surface area contributed by atoms with E-state index in [4.69, 9.17) is 4.74 Å². The molecule has 0 amide bonds. The Hall–Kier alpha value is -0.530. The maximum atomic E-state index is 12.2. The summed E-state index contributed by atoms with van der Waals surface area (Å²) in [5, 5.41) is 0. The van der Waals surface area contributed by atoms with Crippen LogP contribution in [0.3, 0.4) is 0 Å². The van der Waals surface area contributed by atoms with Crippen LogP contribution in [-0.2, 0) is 9.53 Å². The number of ether oxygens (including phenoxy) is 1. The van der Waals surface area contributed by atoms with Crippen molar-refractivity contribution < 1.29 is 9.53 Å². The summed E-state index contributed by atoms with van der Waals surface area (Å²) in [5.74, 6) is 2.87. The molecule has 0 aromatic carbocycles. The first-order valence-electron chi connectivity index (χ1n) is 7.39. The quantitative estimate of drug-likeness (QED) is 0.603. The monoisotopic (exact) mass is 236 g/mol. The second-order valence-electron chi connectivity index (χ2n) is 6.56. The average molecular weight is 236 g/mol. The molecule has 2 aliphatic carbocycles. The van der Waals surface area contributed by atoms with Gasteiger partial charge in [0.2, 0.25) is 0 Å². The Labute approximate surface area is 104 Å². The fourth-order valence-corrected chi connectivity index (χ4v) is 4.65. The molecule has 0 aromatic heterocycles. The van der Waals surface area contributed by atoms with E-state index in [0.29, 0.717) is 17.8 Å². The lowest BCUT2D eigenvalue weighted by molar-refractivity contribution is -0.187. The lowest BCUT2D eigenvalue weighted by Crippen LogP contribution is -2.52. The molecular formula is C15H24O2. The number of rotatable bonds is 0. The van der Waals surface area contributed by atoms with Crippen molar-refractivity contribution in [2.24, 2.45) is 29.6 Å². The van der Waals surface area contributed by atoms with Crippen LogP contribution in [0.15, 0.2) is 0 Å². The first-order chi connectivity index (χ1) is 8.18. The van der Waals surface area contributed by atoms with Crippen molar-refractivity contribution in [3.8, 4) is 0 Å². The molecule has 0 spiro atoms. The molecule has 3 rings (SSSR count). The van der Waals surface area contributed by atoms with Crippen LogP contribution in [0.2, 0.25) is 0 Å². The minimum Gasteiger partial charge on any atom is -0.462 e. The lowest BCUT2D eigenvalue weighted by Gasteiger charge is -2.51. The van der Waals surface area contributed by atoms with E-state index in [1.165, 1.54) is 32.1 Å². The molecule has 17 heavy (non-hydrogen) atoms. The molecule has 6 unspecified atom stereocenters. The minimum atomic E-state index is 0.122. The summed E-state index contributed by atoms with van der Waals surface area (Å²) in [7, 11) is 0. The van der Waals surface area contributed by atoms with Crippen LogP contribution in [0.25, 0.3) is 0 Å². The lowest BCUT2D eigenvalue weighted by atomic mass is 9.58. The molecule has 0 bridgehead atoms. The summed E-state index contributed by atoms with van der Waals surface area (Å²) in [6.45, 7) is 4.60. The molecule has 2 heteroatoms. The van der Waals surface area contributed by atoms with Gasteiger partial charge < -0.3 is 4.74 Å². The van der Waals surface area contributed by atoms with Gasteiger partial charge in [0, 0.05) is 0 Å². The van der Waals surface area contributed by atoms with Gasteiger partial charge in [0.25, 0.3) is 0 Å². The van der Waals surface area contributed by atoms with Crippen molar-refractivity contribution in [2.45, 2.75) is 58.5 Å². The third-order valence-corrected chi connectivity index (χ3v) is 5.55. The number of hydrogen-bond acceptors (Lipinski definition) is 2. The Morgan fingerprint density at radius 2 is 1.71 bits per heavy atom. The molecular weight excluding hydrogens is 212 g/mol. The number of fused-ring (bicyclic) bond motifs is 3. The number of esters is 1. The summed E-state index contributed by atoms with van der Waals surface area (Å²) >= 11 is 0. The molecule has 2 nitrogen and oxygen atoms in total. The van der Waals surface area contributed by atoms with Crippen LogP contribution in [0.5, 0.6) is 0 Å². The topological polar surface area (TPSA) is 26.3 Å². The van der Waals surface area contributed by atoms with Crippen LogP contribution < -0.4 is 0 Å². The van der Waals surface area contributed by atoms with E-state index in [9.17, 15) is 4.79 Å². The van der Waals surface area contributed by atoms with Gasteiger partial charge in [0.1, 0.15) is 6.10 Å². The van der Waals surface area contributed by atoms with Crippen LogP contribution in [-0.4, -0.2) is 12.1 Å². The van der Waals surface area contributed by atoms with E-state index in [0.717, 1.165) is 12.3 Å². The van der Waals surface area contributed by atoms with Gasteiger partial charge in [0.05, 0.1) is 5.92 Å². The van der Waals surface area contributed by atoms with E-state index >= 15 is 0 Å². The van der Waals surface area contributed by atoms with Crippen LogP contribution in [0.1, 0.15) is 52.4 Å². The molecule has 3 aliphatic rings. The van der Waals surface area contributed by atoms with Crippen molar-refractivity contribution >= 4 is 5.97 Å². The molecule has 2 saturated carbocycles. The van der Waals surface area contributed by atoms with Crippen molar-refractivity contribution in [3.05, 3.63) is 0 Å². The molecule has 0 aromatic rings. The van der Waals surface area contributed by atoms with Gasteiger partial charge in [-0.3, -0.25) is 4.79 Å². The van der Waals surface area contributed by atoms with Crippen LogP contribution >= 0.6 is 0 Å². The smallest absolute Gasteiger partial charge is 0.309 e. The number of hydrogen-bond donors (Lipinski definition) is 0. The largest absolute Gasteiger partial charge is 0.462 e. The fraction of sp³-hybridized carbons (Fsp3) is 0.933. The summed E-state index contributed by atoms with van der Waals surface area (Å²) in [5.41, 5.74) is 0. The van der Waals surface area contributed by atoms with Crippen molar-refractivity contribution in [1.29, 1.82) is 0 Å². The van der Waals surface area contributed by atoms with E-state index in [1.54, 1.807) is 0 Å². The summed E-state index contributed by atoms with van der Waals surface area (Å²) in [6, 6.07) is 0. The Kier molecular flexibility index (Phi) is 2.92. The molecule has 96 valence electrons. The van der Waals surface area contributed by atoms with Gasteiger partial charge in [-0.05, 0) is 49.4 Å². The van der Waals surface area contributed by atoms with Gasteiger partial charge in [-0.15, -0.1) is 0 Å².